The second-order valence-corrected chi connectivity index (χ2v) is 5.34. The van der Waals surface area contributed by atoms with Gasteiger partial charge in [0, 0.05) is 42.4 Å². The number of hydrogen-bond acceptors (Lipinski definition) is 3. The molecule has 6 heteroatoms. The number of benzene rings is 1. The van der Waals surface area contributed by atoms with Crippen molar-refractivity contribution in [3.63, 3.8) is 0 Å². The number of rotatable bonds is 7. The second-order valence-electron chi connectivity index (χ2n) is 4.58. The molecule has 0 radical (unpaired) electrons. The van der Waals surface area contributed by atoms with Gasteiger partial charge in [-0.25, -0.2) is 0 Å². The molecule has 2 rings (SSSR count). The summed E-state index contributed by atoms with van der Waals surface area (Å²) in [5, 5.41) is 2.82. The average molecular weight is 338 g/mol. The number of hydrogen-bond donors (Lipinski definition) is 1. The highest BCUT2D eigenvalue weighted by Crippen LogP contribution is 2.18. The van der Waals surface area contributed by atoms with Gasteiger partial charge in [0.2, 0.25) is 0 Å². The largest absolute Gasteiger partial charge is 0.369 e. The van der Waals surface area contributed by atoms with E-state index in [0.717, 1.165) is 24.5 Å². The van der Waals surface area contributed by atoms with E-state index in [2.05, 4.69) is 15.2 Å². The van der Waals surface area contributed by atoms with Crippen molar-refractivity contribution in [3.8, 4) is 0 Å². The molecule has 1 heterocycles. The summed E-state index contributed by atoms with van der Waals surface area (Å²) >= 11 is 11.6. The van der Waals surface area contributed by atoms with Crippen LogP contribution >= 0.6 is 23.2 Å². The summed E-state index contributed by atoms with van der Waals surface area (Å²) in [6, 6.07) is 12.8. The number of carbonyl (C=O) groups excluding carboxylic acids is 1. The number of nitrogens with one attached hydrogen (secondary N) is 1. The van der Waals surface area contributed by atoms with Gasteiger partial charge in [0.05, 0.1) is 0 Å². The first-order valence-corrected chi connectivity index (χ1v) is 8.01. The van der Waals surface area contributed by atoms with Crippen molar-refractivity contribution in [1.82, 2.24) is 4.98 Å². The Morgan fingerprint density at radius 1 is 1.05 bits per heavy atom. The number of halogens is 2. The predicted octanol–water partition coefficient (Wildman–Crippen LogP) is 3.62. The third-order valence-electron chi connectivity index (χ3n) is 3.10. The second kappa shape index (κ2) is 8.61. The number of pyridine rings is 1. The average Bonchev–Trinajstić information content (AvgIpc) is 2.56. The molecule has 0 bridgehead atoms. The number of aromatic nitrogens is 1. The van der Waals surface area contributed by atoms with Crippen molar-refractivity contribution < 1.29 is 4.79 Å². The fourth-order valence-corrected chi connectivity index (χ4v) is 2.43. The van der Waals surface area contributed by atoms with Crippen LogP contribution in [-0.4, -0.2) is 35.7 Å². The van der Waals surface area contributed by atoms with E-state index in [4.69, 9.17) is 23.2 Å². The predicted molar refractivity (Wildman–Crippen MR) is 92.3 cm³/mol. The minimum Gasteiger partial charge on any atom is -0.369 e. The van der Waals surface area contributed by atoms with Crippen molar-refractivity contribution in [2.45, 2.75) is 0 Å². The van der Waals surface area contributed by atoms with E-state index in [1.807, 2.05) is 24.3 Å². The molecule has 2 aromatic rings. The molecule has 0 spiro atoms. The lowest BCUT2D eigenvalue weighted by atomic mass is 10.2. The number of anilines is 2. The van der Waals surface area contributed by atoms with Gasteiger partial charge in [0.15, 0.2) is 0 Å². The van der Waals surface area contributed by atoms with Crippen LogP contribution in [0.25, 0.3) is 0 Å². The third-order valence-corrected chi connectivity index (χ3v) is 3.43. The quantitative estimate of drug-likeness (QED) is 0.785. The van der Waals surface area contributed by atoms with Gasteiger partial charge in [-0.1, -0.05) is 6.07 Å². The van der Waals surface area contributed by atoms with E-state index >= 15 is 0 Å². The fraction of sp³-hybridized carbons (Fsp3) is 0.250. The van der Waals surface area contributed by atoms with Crippen LogP contribution < -0.4 is 10.2 Å². The number of nitrogens with zero attached hydrogens (tertiary/aromatic N) is 2. The highest BCUT2D eigenvalue weighted by atomic mass is 35.5. The fourth-order valence-electron chi connectivity index (χ4n) is 2.02. The standard InChI is InChI=1S/C16H17Cl2N3O/c17-8-11-21(12-9-18)14-6-4-13(5-7-14)20-16(22)15-3-1-2-10-19-15/h1-7,10H,8-9,11-12H2,(H,20,22). The Labute approximate surface area is 140 Å². The minimum absolute atomic E-state index is 0.230. The normalized spacial score (nSPS) is 10.3. The van der Waals surface area contributed by atoms with Gasteiger partial charge in [-0.3, -0.25) is 9.78 Å². The first-order valence-electron chi connectivity index (χ1n) is 6.94. The summed E-state index contributed by atoms with van der Waals surface area (Å²) in [5.41, 5.74) is 2.13. The Bertz CT molecular complexity index is 584. The molecule has 1 aromatic heterocycles. The number of carbonyl (C=O) groups is 1. The Morgan fingerprint density at radius 2 is 1.73 bits per heavy atom. The number of alkyl halides is 2. The van der Waals surface area contributed by atoms with Gasteiger partial charge in [-0.05, 0) is 36.4 Å². The first kappa shape index (κ1) is 16.6. The molecule has 0 saturated carbocycles. The van der Waals surface area contributed by atoms with E-state index in [-0.39, 0.29) is 5.91 Å². The van der Waals surface area contributed by atoms with Gasteiger partial charge in [-0.15, -0.1) is 23.2 Å². The summed E-state index contributed by atoms with van der Waals surface area (Å²) in [4.78, 5) is 18.1. The highest BCUT2D eigenvalue weighted by Gasteiger charge is 2.08. The lowest BCUT2D eigenvalue weighted by molar-refractivity contribution is 0.102. The van der Waals surface area contributed by atoms with Crippen LogP contribution in [0.4, 0.5) is 11.4 Å². The summed E-state index contributed by atoms with van der Waals surface area (Å²) in [7, 11) is 0. The van der Waals surface area contributed by atoms with E-state index < -0.39 is 0 Å². The monoisotopic (exact) mass is 337 g/mol. The van der Waals surface area contributed by atoms with E-state index in [1.54, 1.807) is 24.4 Å². The highest BCUT2D eigenvalue weighted by molar-refractivity contribution is 6.18. The molecule has 1 N–H and O–H groups in total. The summed E-state index contributed by atoms with van der Waals surface area (Å²) in [6.45, 7) is 1.46. The molecule has 1 amide bonds. The summed E-state index contributed by atoms with van der Waals surface area (Å²) < 4.78 is 0. The Hall–Kier alpha value is -1.78. The van der Waals surface area contributed by atoms with Crippen LogP contribution in [0.5, 0.6) is 0 Å². The van der Waals surface area contributed by atoms with Crippen molar-refractivity contribution in [1.29, 1.82) is 0 Å². The van der Waals surface area contributed by atoms with Crippen LogP contribution in [0.2, 0.25) is 0 Å². The first-order chi connectivity index (χ1) is 10.7. The molecule has 0 unspecified atom stereocenters. The van der Waals surface area contributed by atoms with Gasteiger partial charge in [0.1, 0.15) is 5.69 Å². The van der Waals surface area contributed by atoms with Crippen LogP contribution in [0, 0.1) is 0 Å². The number of amides is 1. The molecule has 1 aromatic carbocycles. The molecular weight excluding hydrogens is 321 g/mol. The van der Waals surface area contributed by atoms with Gasteiger partial charge >= 0.3 is 0 Å². The van der Waals surface area contributed by atoms with Crippen LogP contribution in [-0.2, 0) is 0 Å². The molecule has 0 fully saturated rings. The Kier molecular flexibility index (Phi) is 6.49. The Balaban J connectivity index is 2.03. The van der Waals surface area contributed by atoms with Gasteiger partial charge in [0.25, 0.3) is 5.91 Å². The molecule has 0 saturated heterocycles. The minimum atomic E-state index is -0.230. The SMILES string of the molecule is O=C(Nc1ccc(N(CCCl)CCCl)cc1)c1ccccn1. The molecular formula is C16H17Cl2N3O. The maximum Gasteiger partial charge on any atom is 0.274 e. The smallest absolute Gasteiger partial charge is 0.274 e. The lowest BCUT2D eigenvalue weighted by Gasteiger charge is -2.23. The molecule has 116 valence electrons. The molecule has 22 heavy (non-hydrogen) atoms. The zero-order valence-corrected chi connectivity index (χ0v) is 13.5. The molecule has 0 atom stereocenters. The van der Waals surface area contributed by atoms with Crippen LogP contribution in [0.3, 0.4) is 0 Å². The molecule has 0 aliphatic rings. The van der Waals surface area contributed by atoms with Gasteiger partial charge in [-0.2, -0.15) is 0 Å². The maximum absolute atomic E-state index is 12.0. The molecule has 0 aliphatic carbocycles. The van der Waals surface area contributed by atoms with E-state index in [0.29, 0.717) is 17.5 Å². The van der Waals surface area contributed by atoms with Gasteiger partial charge < -0.3 is 10.2 Å². The third kappa shape index (κ3) is 4.61. The van der Waals surface area contributed by atoms with E-state index in [1.165, 1.54) is 0 Å². The van der Waals surface area contributed by atoms with Crippen molar-refractivity contribution in [2.75, 3.05) is 35.1 Å². The lowest BCUT2D eigenvalue weighted by Crippen LogP contribution is -2.27. The van der Waals surface area contributed by atoms with Crippen LogP contribution in [0.1, 0.15) is 10.5 Å². The zero-order valence-electron chi connectivity index (χ0n) is 12.0. The van der Waals surface area contributed by atoms with Crippen molar-refractivity contribution in [3.05, 3.63) is 54.4 Å². The summed E-state index contributed by atoms with van der Waals surface area (Å²) in [5.74, 6) is 0.844. The zero-order chi connectivity index (χ0) is 15.8. The summed E-state index contributed by atoms with van der Waals surface area (Å²) in [6.07, 6.45) is 1.59. The Morgan fingerprint density at radius 3 is 2.27 bits per heavy atom. The maximum atomic E-state index is 12.0. The van der Waals surface area contributed by atoms with Crippen molar-refractivity contribution in [2.24, 2.45) is 0 Å². The van der Waals surface area contributed by atoms with Crippen molar-refractivity contribution >= 4 is 40.5 Å². The van der Waals surface area contributed by atoms with E-state index in [9.17, 15) is 4.79 Å². The molecule has 4 nitrogen and oxygen atoms in total. The van der Waals surface area contributed by atoms with Crippen LogP contribution in [0.15, 0.2) is 48.7 Å². The molecule has 0 aliphatic heterocycles. The topological polar surface area (TPSA) is 45.2 Å².